The fraction of sp³-hybridized carbons (Fsp3) is 0.143. The third-order valence-electron chi connectivity index (χ3n) is 2.74. The fourth-order valence-electron chi connectivity index (χ4n) is 1.74. The number of benzene rings is 2. The van der Waals surface area contributed by atoms with Gasteiger partial charge in [-0.2, -0.15) is 0 Å². The summed E-state index contributed by atoms with van der Waals surface area (Å²) in [5.74, 6) is -0.420. The standard InChI is InChI=1S/C14H12BrClFN/c15-11-4-1-9(2-5-11)7-14(18)10-3-6-13(17)12(16)8-10/h1-6,8,14H,7,18H2. The highest BCUT2D eigenvalue weighted by molar-refractivity contribution is 9.10. The highest BCUT2D eigenvalue weighted by atomic mass is 79.9. The minimum absolute atomic E-state index is 0.110. The Labute approximate surface area is 119 Å². The summed E-state index contributed by atoms with van der Waals surface area (Å²) < 4.78 is 14.1. The first-order valence-corrected chi connectivity index (χ1v) is 6.68. The smallest absolute Gasteiger partial charge is 0.141 e. The van der Waals surface area contributed by atoms with Gasteiger partial charge >= 0.3 is 0 Å². The molecule has 0 aliphatic carbocycles. The van der Waals surface area contributed by atoms with Gasteiger partial charge in [0.2, 0.25) is 0 Å². The summed E-state index contributed by atoms with van der Waals surface area (Å²) in [6, 6.07) is 12.4. The Balaban J connectivity index is 2.13. The molecule has 0 radical (unpaired) electrons. The van der Waals surface area contributed by atoms with Crippen LogP contribution in [0.3, 0.4) is 0 Å². The van der Waals surface area contributed by atoms with Gasteiger partial charge < -0.3 is 5.73 Å². The highest BCUT2D eigenvalue weighted by Crippen LogP contribution is 2.22. The molecule has 4 heteroatoms. The molecule has 0 bridgehead atoms. The Morgan fingerprint density at radius 3 is 2.44 bits per heavy atom. The molecular weight excluding hydrogens is 317 g/mol. The van der Waals surface area contributed by atoms with Crippen molar-refractivity contribution in [3.8, 4) is 0 Å². The number of halogens is 3. The molecule has 18 heavy (non-hydrogen) atoms. The molecule has 0 heterocycles. The zero-order chi connectivity index (χ0) is 13.1. The summed E-state index contributed by atoms with van der Waals surface area (Å²) in [5.41, 5.74) is 8.06. The van der Waals surface area contributed by atoms with E-state index in [4.69, 9.17) is 17.3 Å². The number of hydrogen-bond donors (Lipinski definition) is 1. The van der Waals surface area contributed by atoms with Gasteiger partial charge in [0.25, 0.3) is 0 Å². The van der Waals surface area contributed by atoms with E-state index in [0.29, 0.717) is 6.42 Å². The summed E-state index contributed by atoms with van der Waals surface area (Å²) in [6.45, 7) is 0. The Bertz CT molecular complexity index is 542. The van der Waals surface area contributed by atoms with Crippen molar-refractivity contribution >= 4 is 27.5 Å². The molecule has 2 rings (SSSR count). The lowest BCUT2D eigenvalue weighted by Gasteiger charge is -2.12. The van der Waals surface area contributed by atoms with Crippen molar-refractivity contribution in [2.24, 2.45) is 5.73 Å². The maximum absolute atomic E-state index is 13.1. The van der Waals surface area contributed by atoms with Gasteiger partial charge in [-0.15, -0.1) is 0 Å². The Morgan fingerprint density at radius 1 is 1.17 bits per heavy atom. The first-order valence-electron chi connectivity index (χ1n) is 5.51. The van der Waals surface area contributed by atoms with E-state index in [2.05, 4.69) is 15.9 Å². The van der Waals surface area contributed by atoms with Crippen LogP contribution in [0.5, 0.6) is 0 Å². The van der Waals surface area contributed by atoms with Crippen molar-refractivity contribution in [1.29, 1.82) is 0 Å². The van der Waals surface area contributed by atoms with Gasteiger partial charge in [0.05, 0.1) is 5.02 Å². The topological polar surface area (TPSA) is 26.0 Å². The molecule has 2 aromatic carbocycles. The van der Waals surface area contributed by atoms with Crippen LogP contribution in [0.1, 0.15) is 17.2 Å². The van der Waals surface area contributed by atoms with E-state index >= 15 is 0 Å². The van der Waals surface area contributed by atoms with Crippen LogP contribution < -0.4 is 5.73 Å². The lowest BCUT2D eigenvalue weighted by molar-refractivity contribution is 0.625. The van der Waals surface area contributed by atoms with Gasteiger partial charge in [0.15, 0.2) is 0 Å². The van der Waals surface area contributed by atoms with Crippen molar-refractivity contribution in [3.63, 3.8) is 0 Å². The zero-order valence-corrected chi connectivity index (χ0v) is 11.9. The second kappa shape index (κ2) is 5.83. The Morgan fingerprint density at radius 2 is 1.83 bits per heavy atom. The summed E-state index contributed by atoms with van der Waals surface area (Å²) in [7, 11) is 0. The van der Waals surface area contributed by atoms with Crippen LogP contribution in [-0.2, 0) is 6.42 Å². The quantitative estimate of drug-likeness (QED) is 0.883. The lowest BCUT2D eigenvalue weighted by Crippen LogP contribution is -2.13. The molecule has 0 fully saturated rings. The van der Waals surface area contributed by atoms with Gasteiger partial charge in [0.1, 0.15) is 5.82 Å². The van der Waals surface area contributed by atoms with Crippen LogP contribution in [0.4, 0.5) is 4.39 Å². The van der Waals surface area contributed by atoms with E-state index in [1.807, 2.05) is 24.3 Å². The molecule has 0 aromatic heterocycles. The van der Waals surface area contributed by atoms with Crippen LogP contribution in [0.2, 0.25) is 5.02 Å². The van der Waals surface area contributed by atoms with Crippen molar-refractivity contribution in [2.75, 3.05) is 0 Å². The molecule has 0 aliphatic rings. The zero-order valence-electron chi connectivity index (χ0n) is 9.54. The summed E-state index contributed by atoms with van der Waals surface area (Å²) in [6.07, 6.45) is 0.690. The average Bonchev–Trinajstić information content (AvgIpc) is 2.35. The lowest BCUT2D eigenvalue weighted by atomic mass is 10.00. The molecule has 0 saturated heterocycles. The molecule has 1 nitrogen and oxygen atoms in total. The molecular formula is C14H12BrClFN. The minimum atomic E-state index is -0.420. The van der Waals surface area contributed by atoms with Crippen LogP contribution in [0.25, 0.3) is 0 Å². The van der Waals surface area contributed by atoms with Crippen molar-refractivity contribution in [1.82, 2.24) is 0 Å². The molecule has 1 unspecified atom stereocenters. The normalized spacial score (nSPS) is 12.4. The molecule has 2 aromatic rings. The van der Waals surface area contributed by atoms with Gasteiger partial charge in [-0.3, -0.25) is 0 Å². The van der Waals surface area contributed by atoms with E-state index in [1.54, 1.807) is 12.1 Å². The van der Waals surface area contributed by atoms with Crippen LogP contribution in [0.15, 0.2) is 46.9 Å². The van der Waals surface area contributed by atoms with Gasteiger partial charge in [-0.05, 0) is 41.8 Å². The SMILES string of the molecule is NC(Cc1ccc(Br)cc1)c1ccc(F)c(Cl)c1. The van der Waals surface area contributed by atoms with E-state index < -0.39 is 5.82 Å². The van der Waals surface area contributed by atoms with Gasteiger partial charge in [0, 0.05) is 10.5 Å². The first kappa shape index (κ1) is 13.5. The maximum atomic E-state index is 13.1. The van der Waals surface area contributed by atoms with E-state index in [-0.39, 0.29) is 11.1 Å². The summed E-state index contributed by atoms with van der Waals surface area (Å²) in [4.78, 5) is 0. The van der Waals surface area contributed by atoms with Crippen molar-refractivity contribution < 1.29 is 4.39 Å². The molecule has 94 valence electrons. The third-order valence-corrected chi connectivity index (χ3v) is 3.56. The summed E-state index contributed by atoms with van der Waals surface area (Å²) >= 11 is 9.13. The second-order valence-corrected chi connectivity index (χ2v) is 5.43. The van der Waals surface area contributed by atoms with Crippen LogP contribution in [-0.4, -0.2) is 0 Å². The molecule has 0 spiro atoms. The Hall–Kier alpha value is -0.900. The van der Waals surface area contributed by atoms with Gasteiger partial charge in [-0.1, -0.05) is 45.7 Å². The predicted molar refractivity (Wildman–Crippen MR) is 76.2 cm³/mol. The van der Waals surface area contributed by atoms with E-state index in [9.17, 15) is 4.39 Å². The molecule has 0 aliphatic heterocycles. The highest BCUT2D eigenvalue weighted by Gasteiger charge is 2.09. The number of rotatable bonds is 3. The molecule has 2 N–H and O–H groups in total. The number of nitrogens with two attached hydrogens (primary N) is 1. The van der Waals surface area contributed by atoms with E-state index in [1.165, 1.54) is 6.07 Å². The maximum Gasteiger partial charge on any atom is 0.141 e. The number of hydrogen-bond acceptors (Lipinski definition) is 1. The third kappa shape index (κ3) is 3.31. The van der Waals surface area contributed by atoms with Gasteiger partial charge in [-0.25, -0.2) is 4.39 Å². The largest absolute Gasteiger partial charge is 0.324 e. The second-order valence-electron chi connectivity index (χ2n) is 4.11. The van der Waals surface area contributed by atoms with E-state index in [0.717, 1.165) is 15.6 Å². The van der Waals surface area contributed by atoms with Crippen molar-refractivity contribution in [2.45, 2.75) is 12.5 Å². The van der Waals surface area contributed by atoms with Crippen molar-refractivity contribution in [3.05, 3.63) is 68.9 Å². The van der Waals surface area contributed by atoms with Crippen LogP contribution >= 0.6 is 27.5 Å². The fourth-order valence-corrected chi connectivity index (χ4v) is 2.19. The monoisotopic (exact) mass is 327 g/mol. The average molecular weight is 329 g/mol. The minimum Gasteiger partial charge on any atom is -0.324 e. The summed E-state index contributed by atoms with van der Waals surface area (Å²) in [5, 5.41) is 0.110. The predicted octanol–water partition coefficient (Wildman–Crippen LogP) is 4.48. The molecule has 0 saturated carbocycles. The molecule has 1 atom stereocenters. The molecule has 0 amide bonds. The Kier molecular flexibility index (Phi) is 4.38. The first-order chi connectivity index (χ1) is 8.56. The van der Waals surface area contributed by atoms with Crippen LogP contribution in [0, 0.1) is 5.82 Å².